The first kappa shape index (κ1) is 5.65. The van der Waals surface area contributed by atoms with E-state index in [2.05, 4.69) is 10.6 Å². The van der Waals surface area contributed by atoms with Crippen molar-refractivity contribution < 1.29 is 0 Å². The van der Waals surface area contributed by atoms with E-state index in [4.69, 9.17) is 5.73 Å². The predicted octanol–water partition coefficient (Wildman–Crippen LogP) is -1.49. The third kappa shape index (κ3) is 0.689. The Labute approximate surface area is 55.0 Å². The molecule has 0 unspecified atom stereocenters. The van der Waals surface area contributed by atoms with E-state index in [0.29, 0.717) is 5.92 Å². The second kappa shape index (κ2) is 1.68. The summed E-state index contributed by atoms with van der Waals surface area (Å²) in [5, 5.41) is 6.60. The van der Waals surface area contributed by atoms with Crippen molar-refractivity contribution >= 4 is 0 Å². The van der Waals surface area contributed by atoms with Gasteiger partial charge in [0, 0.05) is 37.6 Å². The summed E-state index contributed by atoms with van der Waals surface area (Å²) in [6, 6.07) is 0. The van der Waals surface area contributed by atoms with E-state index in [1.165, 1.54) is 0 Å². The molecule has 0 aromatic heterocycles. The molecule has 3 heteroatoms. The molecule has 0 aromatic carbocycles. The molecule has 2 heterocycles. The molecule has 0 aromatic rings. The SMILES string of the molecule is NC12CNCC1CNC2. The van der Waals surface area contributed by atoms with Crippen molar-refractivity contribution in [1.82, 2.24) is 10.6 Å². The van der Waals surface area contributed by atoms with Gasteiger partial charge in [-0.15, -0.1) is 0 Å². The summed E-state index contributed by atoms with van der Waals surface area (Å²) in [4.78, 5) is 0. The van der Waals surface area contributed by atoms with Crippen LogP contribution < -0.4 is 16.4 Å². The Balaban J connectivity index is 2.17. The Morgan fingerprint density at radius 2 is 1.78 bits per heavy atom. The zero-order valence-corrected chi connectivity index (χ0v) is 5.48. The molecule has 0 radical (unpaired) electrons. The normalized spacial score (nSPS) is 49.7. The van der Waals surface area contributed by atoms with E-state index < -0.39 is 0 Å². The molecule has 2 aliphatic heterocycles. The van der Waals surface area contributed by atoms with Crippen molar-refractivity contribution in [2.45, 2.75) is 5.54 Å². The summed E-state index contributed by atoms with van der Waals surface area (Å²) in [5.74, 6) is 0.678. The molecular weight excluding hydrogens is 114 g/mol. The lowest BCUT2D eigenvalue weighted by molar-refractivity contribution is 0.434. The van der Waals surface area contributed by atoms with Gasteiger partial charge >= 0.3 is 0 Å². The highest BCUT2D eigenvalue weighted by molar-refractivity contribution is 5.06. The fourth-order valence-corrected chi connectivity index (χ4v) is 1.79. The molecule has 0 atom stereocenters. The van der Waals surface area contributed by atoms with Gasteiger partial charge in [-0.2, -0.15) is 0 Å². The van der Waals surface area contributed by atoms with Crippen LogP contribution in [0.2, 0.25) is 0 Å². The first-order valence-electron chi connectivity index (χ1n) is 3.52. The van der Waals surface area contributed by atoms with Crippen molar-refractivity contribution in [1.29, 1.82) is 0 Å². The summed E-state index contributed by atoms with van der Waals surface area (Å²) in [6.07, 6.45) is 0. The molecule has 2 aliphatic rings. The first-order chi connectivity index (χ1) is 4.31. The van der Waals surface area contributed by atoms with E-state index >= 15 is 0 Å². The first-order valence-corrected chi connectivity index (χ1v) is 3.52. The van der Waals surface area contributed by atoms with Gasteiger partial charge in [0.05, 0.1) is 0 Å². The van der Waals surface area contributed by atoms with Crippen LogP contribution in [0.15, 0.2) is 0 Å². The fraction of sp³-hybridized carbons (Fsp3) is 1.00. The highest BCUT2D eigenvalue weighted by atomic mass is 15.1. The van der Waals surface area contributed by atoms with Crippen LogP contribution in [0.25, 0.3) is 0 Å². The Kier molecular flexibility index (Phi) is 1.06. The third-order valence-corrected chi connectivity index (χ3v) is 2.50. The maximum absolute atomic E-state index is 6.04. The van der Waals surface area contributed by atoms with Gasteiger partial charge < -0.3 is 16.4 Å². The molecule has 0 saturated carbocycles. The van der Waals surface area contributed by atoms with Gasteiger partial charge in [0.1, 0.15) is 0 Å². The lowest BCUT2D eigenvalue weighted by Crippen LogP contribution is -2.48. The summed E-state index contributed by atoms with van der Waals surface area (Å²) in [6.45, 7) is 4.18. The minimum atomic E-state index is 0.0833. The van der Waals surface area contributed by atoms with Crippen LogP contribution in [-0.4, -0.2) is 31.7 Å². The van der Waals surface area contributed by atoms with Crippen LogP contribution in [0.1, 0.15) is 0 Å². The molecule has 0 amide bonds. The molecule has 3 nitrogen and oxygen atoms in total. The number of rotatable bonds is 0. The molecule has 0 aliphatic carbocycles. The van der Waals surface area contributed by atoms with Crippen LogP contribution in [0.5, 0.6) is 0 Å². The van der Waals surface area contributed by atoms with Crippen molar-refractivity contribution in [3.63, 3.8) is 0 Å². The predicted molar refractivity (Wildman–Crippen MR) is 36.1 cm³/mol. The topological polar surface area (TPSA) is 50.1 Å². The van der Waals surface area contributed by atoms with Crippen molar-refractivity contribution in [3.05, 3.63) is 0 Å². The zero-order chi connectivity index (χ0) is 6.32. The molecule has 4 N–H and O–H groups in total. The Hall–Kier alpha value is -0.120. The van der Waals surface area contributed by atoms with Crippen LogP contribution >= 0.6 is 0 Å². The largest absolute Gasteiger partial charge is 0.323 e. The lowest BCUT2D eigenvalue weighted by Gasteiger charge is -2.20. The van der Waals surface area contributed by atoms with Gasteiger partial charge in [-0.1, -0.05) is 0 Å². The van der Waals surface area contributed by atoms with Crippen LogP contribution in [0.3, 0.4) is 0 Å². The van der Waals surface area contributed by atoms with Crippen molar-refractivity contribution in [2.75, 3.05) is 26.2 Å². The van der Waals surface area contributed by atoms with Gasteiger partial charge in [-0.25, -0.2) is 0 Å². The Morgan fingerprint density at radius 1 is 1.22 bits per heavy atom. The monoisotopic (exact) mass is 127 g/mol. The minimum absolute atomic E-state index is 0.0833. The summed E-state index contributed by atoms with van der Waals surface area (Å²) in [7, 11) is 0. The van der Waals surface area contributed by atoms with Gasteiger partial charge in [0.25, 0.3) is 0 Å². The van der Waals surface area contributed by atoms with Crippen molar-refractivity contribution in [3.8, 4) is 0 Å². The number of hydrogen-bond donors (Lipinski definition) is 3. The standard InChI is InChI=1S/C6H13N3/c7-6-3-8-1-5(6)2-9-4-6/h5,8-9H,1-4,7H2. The molecule has 0 bridgehead atoms. The van der Waals surface area contributed by atoms with Gasteiger partial charge in [-0.3, -0.25) is 0 Å². The van der Waals surface area contributed by atoms with Crippen LogP contribution in [-0.2, 0) is 0 Å². The van der Waals surface area contributed by atoms with Gasteiger partial charge in [0.15, 0.2) is 0 Å². The van der Waals surface area contributed by atoms with Crippen molar-refractivity contribution in [2.24, 2.45) is 11.7 Å². The molecule has 2 saturated heterocycles. The molecule has 0 spiro atoms. The molecule has 52 valence electrons. The second-order valence-electron chi connectivity index (χ2n) is 3.19. The maximum Gasteiger partial charge on any atom is 0.0460 e. The quantitative estimate of drug-likeness (QED) is 0.371. The van der Waals surface area contributed by atoms with E-state index in [9.17, 15) is 0 Å². The third-order valence-electron chi connectivity index (χ3n) is 2.50. The smallest absolute Gasteiger partial charge is 0.0460 e. The van der Waals surface area contributed by atoms with Gasteiger partial charge in [0.2, 0.25) is 0 Å². The molecule has 2 rings (SSSR count). The van der Waals surface area contributed by atoms with E-state index in [1.807, 2.05) is 0 Å². The highest BCUT2D eigenvalue weighted by Gasteiger charge is 2.42. The number of nitrogens with two attached hydrogens (primary N) is 1. The lowest BCUT2D eigenvalue weighted by atomic mass is 9.92. The van der Waals surface area contributed by atoms with E-state index in [0.717, 1.165) is 26.2 Å². The highest BCUT2D eigenvalue weighted by Crippen LogP contribution is 2.21. The summed E-state index contributed by atoms with van der Waals surface area (Å²) < 4.78 is 0. The van der Waals surface area contributed by atoms with E-state index in [-0.39, 0.29) is 5.54 Å². The number of fused-ring (bicyclic) bond motifs is 1. The van der Waals surface area contributed by atoms with Crippen LogP contribution in [0, 0.1) is 5.92 Å². The average Bonchev–Trinajstić information content (AvgIpc) is 2.22. The molecule has 2 fully saturated rings. The zero-order valence-electron chi connectivity index (χ0n) is 5.48. The second-order valence-corrected chi connectivity index (χ2v) is 3.19. The summed E-state index contributed by atoms with van der Waals surface area (Å²) in [5.41, 5.74) is 6.12. The van der Waals surface area contributed by atoms with Crippen LogP contribution in [0.4, 0.5) is 0 Å². The molecular formula is C6H13N3. The molecule has 9 heavy (non-hydrogen) atoms. The maximum atomic E-state index is 6.04. The number of hydrogen-bond acceptors (Lipinski definition) is 3. The van der Waals surface area contributed by atoms with Gasteiger partial charge in [-0.05, 0) is 0 Å². The fourth-order valence-electron chi connectivity index (χ4n) is 1.79. The minimum Gasteiger partial charge on any atom is -0.323 e. The Bertz CT molecular complexity index is 113. The number of nitrogens with one attached hydrogen (secondary N) is 2. The Morgan fingerprint density at radius 3 is 2.22 bits per heavy atom. The van der Waals surface area contributed by atoms with E-state index in [1.54, 1.807) is 0 Å². The summed E-state index contributed by atoms with van der Waals surface area (Å²) >= 11 is 0. The average molecular weight is 127 g/mol.